The van der Waals surface area contributed by atoms with Crippen LogP contribution in [0.2, 0.25) is 0 Å². The van der Waals surface area contributed by atoms with Crippen LogP contribution in [0.15, 0.2) is 61.9 Å². The van der Waals surface area contributed by atoms with Crippen LogP contribution in [0.5, 0.6) is 17.2 Å². The third-order valence-electron chi connectivity index (χ3n) is 5.80. The summed E-state index contributed by atoms with van der Waals surface area (Å²) in [5.74, 6) is 1.18. The van der Waals surface area contributed by atoms with Crippen molar-refractivity contribution < 1.29 is 23.7 Å². The summed E-state index contributed by atoms with van der Waals surface area (Å²) in [6.07, 6.45) is 1.77. The molecular weight excluding hydrogens is 560 g/mol. The Morgan fingerprint density at radius 2 is 1.81 bits per heavy atom. The summed E-state index contributed by atoms with van der Waals surface area (Å²) in [5, 5.41) is 0. The number of carbonyl (C=O) groups is 1. The zero-order valence-corrected chi connectivity index (χ0v) is 23.6. The first kappa shape index (κ1) is 26.7. The first-order chi connectivity index (χ1) is 17.8. The number of halogens is 1. The summed E-state index contributed by atoms with van der Waals surface area (Å²) in [6, 6.07) is 10.2. The van der Waals surface area contributed by atoms with Crippen molar-refractivity contribution in [3.63, 3.8) is 0 Å². The van der Waals surface area contributed by atoms with Crippen molar-refractivity contribution in [2.75, 3.05) is 27.4 Å². The molecule has 194 valence electrons. The fourth-order valence-corrected chi connectivity index (χ4v) is 5.61. The van der Waals surface area contributed by atoms with Crippen LogP contribution in [0.25, 0.3) is 6.08 Å². The number of methoxy groups -OCH3 is 2. The van der Waals surface area contributed by atoms with Gasteiger partial charge in [-0.2, -0.15) is 0 Å². The van der Waals surface area contributed by atoms with E-state index in [0.29, 0.717) is 50.0 Å². The van der Waals surface area contributed by atoms with Gasteiger partial charge in [0.25, 0.3) is 5.56 Å². The van der Waals surface area contributed by atoms with Gasteiger partial charge < -0.3 is 18.9 Å². The van der Waals surface area contributed by atoms with E-state index in [1.165, 1.54) is 15.9 Å². The minimum atomic E-state index is -0.757. The fourth-order valence-electron chi connectivity index (χ4n) is 4.20. The van der Waals surface area contributed by atoms with Crippen molar-refractivity contribution in [1.82, 2.24) is 4.57 Å². The molecule has 0 saturated heterocycles. The van der Waals surface area contributed by atoms with Gasteiger partial charge in [0.05, 0.1) is 49.3 Å². The molecule has 0 bridgehead atoms. The number of thiazole rings is 1. The van der Waals surface area contributed by atoms with Gasteiger partial charge in [0.15, 0.2) is 16.3 Å². The summed E-state index contributed by atoms with van der Waals surface area (Å²) in [7, 11) is 3.14. The number of rotatable bonds is 8. The van der Waals surface area contributed by atoms with E-state index < -0.39 is 12.0 Å². The Balaban J connectivity index is 1.98. The molecule has 2 heterocycles. The van der Waals surface area contributed by atoms with Gasteiger partial charge in [0.2, 0.25) is 0 Å². The smallest absolute Gasteiger partial charge is 0.338 e. The second kappa shape index (κ2) is 11.4. The Kier molecular flexibility index (Phi) is 8.19. The molecule has 0 aliphatic carbocycles. The van der Waals surface area contributed by atoms with E-state index in [1.54, 1.807) is 46.3 Å². The molecule has 3 aromatic rings. The number of benzene rings is 2. The van der Waals surface area contributed by atoms with E-state index in [-0.39, 0.29) is 12.2 Å². The average molecular weight is 587 g/mol. The molecular formula is C27H27BrN2O6S. The van der Waals surface area contributed by atoms with Gasteiger partial charge in [0, 0.05) is 10.0 Å². The molecule has 1 atom stereocenters. The largest absolute Gasteiger partial charge is 0.496 e. The van der Waals surface area contributed by atoms with Crippen LogP contribution in [0.1, 0.15) is 37.9 Å². The highest BCUT2D eigenvalue weighted by atomic mass is 79.9. The zero-order valence-electron chi connectivity index (χ0n) is 21.2. The molecule has 0 saturated carbocycles. The first-order valence-electron chi connectivity index (χ1n) is 11.7. The number of hydrogen-bond donors (Lipinski definition) is 0. The summed E-state index contributed by atoms with van der Waals surface area (Å²) in [6.45, 7) is 5.99. The number of hydrogen-bond acceptors (Lipinski definition) is 8. The number of nitrogens with zero attached hydrogens (tertiary/aromatic N) is 2. The first-order valence-corrected chi connectivity index (χ1v) is 13.3. The van der Waals surface area contributed by atoms with Gasteiger partial charge >= 0.3 is 5.97 Å². The SMILES string of the molecule is CCOC(=O)C1=C(C)N=c2s/c(=C\c3cc(Br)ccc3OC)c(=O)n2[C@@H]1c1ccc(OC)c(OCC)c1. The number of fused-ring (bicyclic) bond motifs is 1. The van der Waals surface area contributed by atoms with Crippen molar-refractivity contribution >= 4 is 39.3 Å². The molecule has 1 aliphatic heterocycles. The predicted octanol–water partition coefficient (Wildman–Crippen LogP) is 3.98. The van der Waals surface area contributed by atoms with Gasteiger partial charge in [-0.05, 0) is 62.7 Å². The lowest BCUT2D eigenvalue weighted by molar-refractivity contribution is -0.139. The van der Waals surface area contributed by atoms with Crippen LogP contribution in [0.4, 0.5) is 0 Å². The van der Waals surface area contributed by atoms with E-state index in [9.17, 15) is 9.59 Å². The molecule has 37 heavy (non-hydrogen) atoms. The Labute approximate surface area is 226 Å². The highest BCUT2D eigenvalue weighted by molar-refractivity contribution is 9.10. The quantitative estimate of drug-likeness (QED) is 0.371. The molecule has 0 N–H and O–H groups in total. The fraction of sp³-hybridized carbons (Fsp3) is 0.296. The maximum atomic E-state index is 13.9. The van der Waals surface area contributed by atoms with E-state index in [0.717, 1.165) is 10.0 Å². The van der Waals surface area contributed by atoms with Gasteiger partial charge in [-0.1, -0.05) is 33.3 Å². The van der Waals surface area contributed by atoms with Crippen LogP contribution < -0.4 is 29.1 Å². The van der Waals surface area contributed by atoms with Crippen LogP contribution >= 0.6 is 27.3 Å². The van der Waals surface area contributed by atoms with Crippen LogP contribution in [-0.4, -0.2) is 38.0 Å². The molecule has 2 aromatic carbocycles. The maximum absolute atomic E-state index is 13.9. The highest BCUT2D eigenvalue weighted by Gasteiger charge is 2.34. The molecule has 8 nitrogen and oxygen atoms in total. The molecule has 0 fully saturated rings. The zero-order chi connectivity index (χ0) is 26.7. The van der Waals surface area contributed by atoms with Crippen LogP contribution in [0.3, 0.4) is 0 Å². The maximum Gasteiger partial charge on any atom is 0.338 e. The van der Waals surface area contributed by atoms with Gasteiger partial charge in [-0.3, -0.25) is 9.36 Å². The molecule has 0 unspecified atom stereocenters. The molecule has 0 amide bonds. The molecule has 1 aromatic heterocycles. The summed E-state index contributed by atoms with van der Waals surface area (Å²) in [5.41, 5.74) is 1.93. The Bertz CT molecular complexity index is 1560. The van der Waals surface area contributed by atoms with Gasteiger partial charge in [-0.15, -0.1) is 0 Å². The topological polar surface area (TPSA) is 88.4 Å². The van der Waals surface area contributed by atoms with Crippen molar-refractivity contribution in [3.8, 4) is 17.2 Å². The number of carbonyl (C=O) groups excluding carboxylic acids is 1. The highest BCUT2D eigenvalue weighted by Crippen LogP contribution is 2.36. The third kappa shape index (κ3) is 5.21. The second-order valence-corrected chi connectivity index (χ2v) is 9.96. The normalized spacial score (nSPS) is 15.2. The van der Waals surface area contributed by atoms with E-state index in [4.69, 9.17) is 18.9 Å². The number of esters is 1. The monoisotopic (exact) mass is 586 g/mol. The molecule has 0 spiro atoms. The van der Waals surface area contributed by atoms with Gasteiger partial charge in [-0.25, -0.2) is 9.79 Å². The molecule has 4 rings (SSSR count). The lowest BCUT2D eigenvalue weighted by atomic mass is 9.95. The standard InChI is InChI=1S/C27H27BrN2O6S/c1-6-35-21-13-16(8-10-20(21)34-5)24-23(26(32)36-7-2)15(3)29-27-30(24)25(31)22(37-27)14-17-12-18(28)9-11-19(17)33-4/h8-14,24H,6-7H2,1-5H3/b22-14-/t24-/m1/s1. The molecule has 0 radical (unpaired) electrons. The van der Waals surface area contributed by atoms with Crippen molar-refractivity contribution in [2.45, 2.75) is 26.8 Å². The second-order valence-electron chi connectivity index (χ2n) is 8.03. The predicted molar refractivity (Wildman–Crippen MR) is 145 cm³/mol. The van der Waals surface area contributed by atoms with E-state index >= 15 is 0 Å². The minimum Gasteiger partial charge on any atom is -0.496 e. The van der Waals surface area contributed by atoms with Crippen molar-refractivity contribution in [1.29, 1.82) is 0 Å². The molecule has 10 heteroatoms. The number of allylic oxidation sites excluding steroid dienone is 1. The summed E-state index contributed by atoms with van der Waals surface area (Å²) >= 11 is 4.73. The van der Waals surface area contributed by atoms with E-state index in [2.05, 4.69) is 20.9 Å². The van der Waals surface area contributed by atoms with Crippen LogP contribution in [0, 0.1) is 0 Å². The molecule has 1 aliphatic rings. The lowest BCUT2D eigenvalue weighted by Crippen LogP contribution is -2.40. The van der Waals surface area contributed by atoms with Crippen molar-refractivity contribution in [2.24, 2.45) is 4.99 Å². The van der Waals surface area contributed by atoms with E-state index in [1.807, 2.05) is 31.2 Å². The summed E-state index contributed by atoms with van der Waals surface area (Å²) < 4.78 is 24.9. The number of ether oxygens (including phenoxy) is 4. The number of aromatic nitrogens is 1. The average Bonchev–Trinajstić information content (AvgIpc) is 3.17. The Hall–Kier alpha value is -3.37. The van der Waals surface area contributed by atoms with Crippen LogP contribution in [-0.2, 0) is 9.53 Å². The van der Waals surface area contributed by atoms with Gasteiger partial charge in [0.1, 0.15) is 5.75 Å². The third-order valence-corrected chi connectivity index (χ3v) is 7.27. The van der Waals surface area contributed by atoms with Crippen molar-refractivity contribution in [3.05, 3.63) is 83.0 Å². The minimum absolute atomic E-state index is 0.197. The summed E-state index contributed by atoms with van der Waals surface area (Å²) in [4.78, 5) is 32.1. The Morgan fingerprint density at radius 1 is 1.08 bits per heavy atom. The Morgan fingerprint density at radius 3 is 2.49 bits per heavy atom. The lowest BCUT2D eigenvalue weighted by Gasteiger charge is -2.25.